The van der Waals surface area contributed by atoms with Gasteiger partial charge < -0.3 is 15.1 Å². The Balaban J connectivity index is 1.40. The number of amides is 2. The number of rotatable bonds is 4. The third-order valence-electron chi connectivity index (χ3n) is 6.63. The molecule has 2 aromatic rings. The minimum Gasteiger partial charge on any atom is -0.369 e. The van der Waals surface area contributed by atoms with Crippen LogP contribution in [0.4, 0.5) is 5.69 Å². The van der Waals surface area contributed by atoms with Gasteiger partial charge in [0.1, 0.15) is 6.04 Å². The molecule has 5 rings (SSSR count). The molecular formula is C21H28N6O3. The Kier molecular flexibility index (Phi) is 4.86. The van der Waals surface area contributed by atoms with E-state index in [9.17, 15) is 14.4 Å². The lowest BCUT2D eigenvalue weighted by atomic mass is 9.97. The van der Waals surface area contributed by atoms with Gasteiger partial charge in [-0.1, -0.05) is 6.07 Å². The topological polar surface area (TPSA) is 91.6 Å². The van der Waals surface area contributed by atoms with E-state index in [0.717, 1.165) is 62.5 Å². The number of piperidine rings is 1. The largest absolute Gasteiger partial charge is 0.369 e. The van der Waals surface area contributed by atoms with Crippen LogP contribution in [0.2, 0.25) is 0 Å². The van der Waals surface area contributed by atoms with Gasteiger partial charge in [-0.05, 0) is 18.6 Å². The number of fused-ring (bicyclic) bond motifs is 1. The van der Waals surface area contributed by atoms with Crippen molar-refractivity contribution in [2.45, 2.75) is 18.9 Å². The molecule has 1 aromatic heterocycles. The van der Waals surface area contributed by atoms with Crippen molar-refractivity contribution in [2.75, 3.05) is 50.7 Å². The van der Waals surface area contributed by atoms with Crippen LogP contribution in [0.1, 0.15) is 18.9 Å². The molecular weight excluding hydrogens is 384 g/mol. The third-order valence-corrected chi connectivity index (χ3v) is 6.63. The number of hydrogen-bond donors (Lipinski definition) is 2. The van der Waals surface area contributed by atoms with Crippen LogP contribution in [0.25, 0.3) is 11.0 Å². The summed E-state index contributed by atoms with van der Waals surface area (Å²) in [6.45, 7) is 7.40. The summed E-state index contributed by atoms with van der Waals surface area (Å²) >= 11 is 0. The molecule has 2 N–H and O–H groups in total. The fraction of sp³-hybridized carbons (Fsp3) is 0.571. The molecule has 3 fully saturated rings. The highest BCUT2D eigenvalue weighted by Crippen LogP contribution is 2.33. The van der Waals surface area contributed by atoms with Crippen LogP contribution in [0.15, 0.2) is 23.0 Å². The summed E-state index contributed by atoms with van der Waals surface area (Å²) in [5.74, 6) is -0.0415. The Hall–Kier alpha value is -2.65. The minimum atomic E-state index is -0.647. The second-order valence-electron chi connectivity index (χ2n) is 8.64. The number of nitrogens with one attached hydrogen (secondary N) is 2. The first-order valence-electron chi connectivity index (χ1n) is 10.7. The number of aryl methyl sites for hydroxylation is 1. The number of hydrogen-bond acceptors (Lipinski definition) is 6. The van der Waals surface area contributed by atoms with Gasteiger partial charge in [-0.3, -0.25) is 24.0 Å². The number of imidazole rings is 1. The van der Waals surface area contributed by atoms with Crippen molar-refractivity contribution in [3.8, 4) is 0 Å². The van der Waals surface area contributed by atoms with Gasteiger partial charge in [-0.15, -0.1) is 0 Å². The summed E-state index contributed by atoms with van der Waals surface area (Å²) in [5, 5.41) is 5.76. The second-order valence-corrected chi connectivity index (χ2v) is 8.64. The summed E-state index contributed by atoms with van der Waals surface area (Å²) < 4.78 is 3.19. The van der Waals surface area contributed by atoms with Crippen molar-refractivity contribution in [1.29, 1.82) is 0 Å². The number of anilines is 1. The maximum Gasteiger partial charge on any atom is 0.329 e. The zero-order valence-corrected chi connectivity index (χ0v) is 17.3. The molecule has 1 aromatic carbocycles. The molecule has 2 amide bonds. The van der Waals surface area contributed by atoms with Crippen LogP contribution in [-0.2, 0) is 16.6 Å². The number of para-hydroxylation sites is 1. The fourth-order valence-electron chi connectivity index (χ4n) is 5.04. The SMILES string of the molecule is Cn1c(=O)n(C2CCC(=O)NC2=O)c2cccc(N3CC(CN4CCNCC4)C3)c21. The molecule has 3 aliphatic rings. The van der Waals surface area contributed by atoms with Crippen LogP contribution >= 0.6 is 0 Å². The van der Waals surface area contributed by atoms with E-state index in [-0.39, 0.29) is 18.0 Å². The minimum absolute atomic E-state index is 0.218. The smallest absolute Gasteiger partial charge is 0.329 e. The molecule has 3 aliphatic heterocycles. The van der Waals surface area contributed by atoms with E-state index in [1.165, 1.54) is 0 Å². The van der Waals surface area contributed by atoms with Crippen LogP contribution in [0.3, 0.4) is 0 Å². The summed E-state index contributed by atoms with van der Waals surface area (Å²) in [7, 11) is 1.76. The van der Waals surface area contributed by atoms with E-state index in [2.05, 4.69) is 26.5 Å². The van der Waals surface area contributed by atoms with Crippen LogP contribution in [0, 0.1) is 5.92 Å². The highest BCUT2D eigenvalue weighted by Gasteiger charge is 2.34. The Bertz CT molecular complexity index is 1040. The normalized spacial score (nSPS) is 23.6. The lowest BCUT2D eigenvalue weighted by molar-refractivity contribution is -0.135. The first kappa shape index (κ1) is 19.3. The van der Waals surface area contributed by atoms with Crippen molar-refractivity contribution in [3.05, 3.63) is 28.7 Å². The van der Waals surface area contributed by atoms with Gasteiger partial charge in [0.15, 0.2) is 0 Å². The molecule has 0 aliphatic carbocycles. The van der Waals surface area contributed by atoms with Gasteiger partial charge in [0.2, 0.25) is 11.8 Å². The molecule has 1 unspecified atom stereocenters. The average molecular weight is 412 g/mol. The molecule has 0 bridgehead atoms. The van der Waals surface area contributed by atoms with E-state index >= 15 is 0 Å². The van der Waals surface area contributed by atoms with Gasteiger partial charge in [0.25, 0.3) is 0 Å². The molecule has 30 heavy (non-hydrogen) atoms. The molecule has 160 valence electrons. The maximum atomic E-state index is 13.1. The number of aromatic nitrogens is 2. The number of piperazine rings is 1. The molecule has 9 nitrogen and oxygen atoms in total. The van der Waals surface area contributed by atoms with Crippen LogP contribution < -0.4 is 21.2 Å². The van der Waals surface area contributed by atoms with Crippen molar-refractivity contribution >= 4 is 28.5 Å². The van der Waals surface area contributed by atoms with E-state index in [4.69, 9.17) is 0 Å². The lowest BCUT2D eigenvalue weighted by Crippen LogP contribution is -2.54. The van der Waals surface area contributed by atoms with Crippen molar-refractivity contribution in [1.82, 2.24) is 24.7 Å². The third kappa shape index (κ3) is 3.22. The second kappa shape index (κ2) is 7.55. The summed E-state index contributed by atoms with van der Waals surface area (Å²) in [5.41, 5.74) is 2.42. The molecule has 3 saturated heterocycles. The summed E-state index contributed by atoms with van der Waals surface area (Å²) in [6.07, 6.45) is 0.600. The molecule has 0 spiro atoms. The van der Waals surface area contributed by atoms with Gasteiger partial charge in [0.05, 0.1) is 16.7 Å². The van der Waals surface area contributed by atoms with Crippen LogP contribution in [-0.4, -0.2) is 71.7 Å². The van der Waals surface area contributed by atoms with E-state index in [1.807, 2.05) is 12.1 Å². The summed E-state index contributed by atoms with van der Waals surface area (Å²) in [6, 6.07) is 5.24. The van der Waals surface area contributed by atoms with E-state index in [1.54, 1.807) is 16.2 Å². The lowest BCUT2D eigenvalue weighted by Gasteiger charge is -2.44. The predicted molar refractivity (Wildman–Crippen MR) is 114 cm³/mol. The molecule has 1 atom stereocenters. The molecule has 0 radical (unpaired) electrons. The summed E-state index contributed by atoms with van der Waals surface area (Å²) in [4.78, 5) is 41.8. The Morgan fingerprint density at radius 1 is 1.10 bits per heavy atom. The highest BCUT2D eigenvalue weighted by molar-refractivity contribution is 6.00. The molecule has 4 heterocycles. The zero-order chi connectivity index (χ0) is 20.8. The van der Waals surface area contributed by atoms with Gasteiger partial charge in [-0.25, -0.2) is 4.79 Å². The van der Waals surface area contributed by atoms with Gasteiger partial charge >= 0.3 is 5.69 Å². The number of nitrogens with zero attached hydrogens (tertiary/aromatic N) is 4. The molecule has 0 saturated carbocycles. The number of imide groups is 1. The van der Waals surface area contributed by atoms with Crippen molar-refractivity contribution < 1.29 is 9.59 Å². The van der Waals surface area contributed by atoms with Crippen molar-refractivity contribution in [2.24, 2.45) is 13.0 Å². The van der Waals surface area contributed by atoms with E-state index in [0.29, 0.717) is 12.3 Å². The Labute approximate surface area is 174 Å². The number of carbonyl (C=O) groups excluding carboxylic acids is 2. The highest BCUT2D eigenvalue weighted by atomic mass is 16.2. The quantitative estimate of drug-likeness (QED) is 0.668. The van der Waals surface area contributed by atoms with Crippen molar-refractivity contribution in [3.63, 3.8) is 0 Å². The van der Waals surface area contributed by atoms with E-state index < -0.39 is 11.9 Å². The van der Waals surface area contributed by atoms with Crippen LogP contribution in [0.5, 0.6) is 0 Å². The fourth-order valence-corrected chi connectivity index (χ4v) is 5.04. The zero-order valence-electron chi connectivity index (χ0n) is 17.3. The molecule has 9 heteroatoms. The first-order valence-corrected chi connectivity index (χ1v) is 10.7. The standard InChI is InChI=1S/C21H28N6O3/c1-24-19-15(26-12-14(13-26)11-25-9-7-22-8-10-25)3-2-4-16(19)27(21(24)30)17-5-6-18(28)23-20(17)29/h2-4,14,17,22H,5-13H2,1H3,(H,23,28,29). The van der Waals surface area contributed by atoms with Gasteiger partial charge in [0, 0.05) is 65.2 Å². The number of benzene rings is 1. The maximum absolute atomic E-state index is 13.1. The number of carbonyl (C=O) groups is 2. The van der Waals surface area contributed by atoms with Gasteiger partial charge in [-0.2, -0.15) is 0 Å². The Morgan fingerprint density at radius 2 is 1.87 bits per heavy atom. The first-order chi connectivity index (χ1) is 14.5. The average Bonchev–Trinajstić information content (AvgIpc) is 2.96. The Morgan fingerprint density at radius 3 is 2.60 bits per heavy atom. The monoisotopic (exact) mass is 412 g/mol. The predicted octanol–water partition coefficient (Wildman–Crippen LogP) is -0.341.